The first-order valence-corrected chi connectivity index (χ1v) is 14.5. The molecule has 0 aliphatic heterocycles. The Balaban J connectivity index is 1.13. The van der Waals surface area contributed by atoms with Gasteiger partial charge in [0.05, 0.1) is 11.4 Å². The standard InChI is InChI=1S/C31H29F3N6O2S/c1-21(2)26-7-3-4-8-27(26)39-18-19-43-30(39)37-29(41)35-17-5-6-22-9-11-23(12-10-22)28-36-20-40(38-28)24-13-15-25(16-14-24)42-31(32,33)34/h3-4,7-16,18-21H,5-6,17H2,1-2H3,(H,35,41). The second-order valence-corrected chi connectivity index (χ2v) is 10.8. The van der Waals surface area contributed by atoms with Crippen molar-refractivity contribution in [2.24, 2.45) is 4.99 Å². The second-order valence-electron chi connectivity index (χ2n) is 9.97. The van der Waals surface area contributed by atoms with Gasteiger partial charge in [-0.2, -0.15) is 4.99 Å². The van der Waals surface area contributed by atoms with Gasteiger partial charge in [-0.05, 0) is 60.2 Å². The number of amides is 2. The Morgan fingerprint density at radius 1 is 1.05 bits per heavy atom. The smallest absolute Gasteiger partial charge is 0.406 e. The van der Waals surface area contributed by atoms with Crippen LogP contribution in [0, 0.1) is 0 Å². The number of para-hydroxylation sites is 1. The highest BCUT2D eigenvalue weighted by Crippen LogP contribution is 2.24. The van der Waals surface area contributed by atoms with Crippen molar-refractivity contribution < 1.29 is 22.7 Å². The minimum absolute atomic E-state index is 0.306. The first kappa shape index (κ1) is 29.8. The zero-order valence-corrected chi connectivity index (χ0v) is 24.3. The summed E-state index contributed by atoms with van der Waals surface area (Å²) in [5.74, 6) is 0.516. The normalized spacial score (nSPS) is 12.1. The van der Waals surface area contributed by atoms with Gasteiger partial charge in [-0.15, -0.1) is 29.6 Å². The van der Waals surface area contributed by atoms with Gasteiger partial charge in [0.25, 0.3) is 0 Å². The average Bonchev–Trinajstić information content (AvgIpc) is 3.66. The molecule has 0 radical (unpaired) electrons. The van der Waals surface area contributed by atoms with Crippen molar-refractivity contribution in [1.29, 1.82) is 0 Å². The monoisotopic (exact) mass is 606 g/mol. The third kappa shape index (κ3) is 7.77. The summed E-state index contributed by atoms with van der Waals surface area (Å²) in [7, 11) is 0. The molecule has 5 rings (SSSR count). The molecular formula is C31H29F3N6O2S. The zero-order valence-electron chi connectivity index (χ0n) is 23.5. The number of aromatic nitrogens is 4. The average molecular weight is 607 g/mol. The molecule has 3 aromatic carbocycles. The highest BCUT2D eigenvalue weighted by molar-refractivity contribution is 7.07. The van der Waals surface area contributed by atoms with E-state index in [9.17, 15) is 18.0 Å². The first-order valence-electron chi connectivity index (χ1n) is 13.6. The fourth-order valence-corrected chi connectivity index (χ4v) is 5.20. The van der Waals surface area contributed by atoms with Gasteiger partial charge in [-0.3, -0.25) is 4.57 Å². The fraction of sp³-hybridized carbons (Fsp3) is 0.226. The van der Waals surface area contributed by atoms with E-state index in [2.05, 4.69) is 45.0 Å². The Labute approximate surface area is 250 Å². The summed E-state index contributed by atoms with van der Waals surface area (Å²) in [5.41, 5.74) is 4.65. The number of alkyl halides is 3. The molecule has 2 aromatic heterocycles. The van der Waals surface area contributed by atoms with Crippen LogP contribution < -0.4 is 14.9 Å². The summed E-state index contributed by atoms with van der Waals surface area (Å²) in [4.78, 5) is 21.8. The van der Waals surface area contributed by atoms with Gasteiger partial charge in [0.15, 0.2) is 10.6 Å². The largest absolute Gasteiger partial charge is 0.573 e. The lowest BCUT2D eigenvalue weighted by molar-refractivity contribution is -0.274. The highest BCUT2D eigenvalue weighted by atomic mass is 32.1. The van der Waals surface area contributed by atoms with Gasteiger partial charge in [-0.1, -0.05) is 56.3 Å². The van der Waals surface area contributed by atoms with E-state index in [1.54, 1.807) is 0 Å². The van der Waals surface area contributed by atoms with Crippen LogP contribution >= 0.6 is 11.3 Å². The number of hydrogen-bond acceptors (Lipinski definition) is 5. The number of aryl methyl sites for hydroxylation is 1. The maximum Gasteiger partial charge on any atom is 0.573 e. The number of rotatable bonds is 9. The molecule has 12 heteroatoms. The van der Waals surface area contributed by atoms with E-state index >= 15 is 0 Å². The molecule has 222 valence electrons. The lowest BCUT2D eigenvalue weighted by Crippen LogP contribution is -2.25. The molecule has 0 saturated carbocycles. The van der Waals surface area contributed by atoms with Crippen molar-refractivity contribution in [2.45, 2.75) is 39.0 Å². The quantitative estimate of drug-likeness (QED) is 0.182. The van der Waals surface area contributed by atoms with Crippen LogP contribution in [0.5, 0.6) is 5.75 Å². The number of nitrogens with one attached hydrogen (secondary N) is 1. The molecule has 2 amide bonds. The van der Waals surface area contributed by atoms with Gasteiger partial charge in [0, 0.05) is 23.7 Å². The zero-order chi connectivity index (χ0) is 30.4. The summed E-state index contributed by atoms with van der Waals surface area (Å²) < 4.78 is 44.5. The van der Waals surface area contributed by atoms with E-state index in [-0.39, 0.29) is 11.8 Å². The van der Waals surface area contributed by atoms with E-state index in [1.165, 1.54) is 52.2 Å². The molecule has 0 bridgehead atoms. The molecule has 5 aromatic rings. The minimum Gasteiger partial charge on any atom is -0.406 e. The van der Waals surface area contributed by atoms with Crippen LogP contribution in [0.2, 0.25) is 0 Å². The maximum absolute atomic E-state index is 12.6. The molecule has 0 aliphatic carbocycles. The highest BCUT2D eigenvalue weighted by Gasteiger charge is 2.31. The number of benzene rings is 3. The molecule has 0 fully saturated rings. The summed E-state index contributed by atoms with van der Waals surface area (Å²) in [5, 5.41) is 9.23. The van der Waals surface area contributed by atoms with E-state index in [1.807, 2.05) is 58.6 Å². The molecule has 8 nitrogen and oxygen atoms in total. The van der Waals surface area contributed by atoms with Crippen LogP contribution in [-0.4, -0.2) is 38.3 Å². The Bertz CT molecular complexity index is 1740. The van der Waals surface area contributed by atoms with E-state index < -0.39 is 6.36 Å². The number of thiazole rings is 1. The van der Waals surface area contributed by atoms with Gasteiger partial charge in [0.2, 0.25) is 0 Å². The lowest BCUT2D eigenvalue weighted by Gasteiger charge is -2.13. The Morgan fingerprint density at radius 2 is 1.79 bits per heavy atom. The van der Waals surface area contributed by atoms with E-state index in [0.29, 0.717) is 28.8 Å². The minimum atomic E-state index is -4.74. The van der Waals surface area contributed by atoms with Crippen molar-refractivity contribution in [3.63, 3.8) is 0 Å². The second kappa shape index (κ2) is 13.1. The number of ether oxygens (including phenoxy) is 1. The SMILES string of the molecule is CC(C)c1ccccc1-n1ccsc1=NC(=O)NCCCc1ccc(-c2ncn(-c3ccc(OC(F)(F)F)cc3)n2)cc1. The number of hydrogen-bond donors (Lipinski definition) is 1. The van der Waals surface area contributed by atoms with Crippen LogP contribution in [0.25, 0.3) is 22.8 Å². The Hall–Kier alpha value is -4.71. The van der Waals surface area contributed by atoms with Crippen molar-refractivity contribution in [1.82, 2.24) is 24.6 Å². The van der Waals surface area contributed by atoms with Crippen LogP contribution in [0.1, 0.15) is 37.3 Å². The van der Waals surface area contributed by atoms with Crippen LogP contribution in [-0.2, 0) is 6.42 Å². The molecular weight excluding hydrogens is 577 g/mol. The molecule has 0 atom stereocenters. The van der Waals surface area contributed by atoms with E-state index in [4.69, 9.17) is 0 Å². The topological polar surface area (TPSA) is 86.3 Å². The van der Waals surface area contributed by atoms with Crippen molar-refractivity contribution >= 4 is 17.4 Å². The Morgan fingerprint density at radius 3 is 2.51 bits per heavy atom. The summed E-state index contributed by atoms with van der Waals surface area (Å²) >= 11 is 1.41. The predicted octanol–water partition coefficient (Wildman–Crippen LogP) is 7.05. The van der Waals surface area contributed by atoms with Gasteiger partial charge >= 0.3 is 12.4 Å². The number of halogens is 3. The molecule has 0 saturated heterocycles. The first-order chi connectivity index (χ1) is 20.7. The predicted molar refractivity (Wildman–Crippen MR) is 158 cm³/mol. The van der Waals surface area contributed by atoms with Gasteiger partial charge in [-0.25, -0.2) is 14.5 Å². The molecule has 0 spiro atoms. The molecule has 43 heavy (non-hydrogen) atoms. The number of carbonyl (C=O) groups excluding carboxylic acids is 1. The van der Waals surface area contributed by atoms with Gasteiger partial charge in [0.1, 0.15) is 12.1 Å². The van der Waals surface area contributed by atoms with Crippen LogP contribution in [0.4, 0.5) is 18.0 Å². The van der Waals surface area contributed by atoms with Crippen molar-refractivity contribution in [3.8, 4) is 28.5 Å². The third-order valence-corrected chi connectivity index (χ3v) is 7.32. The lowest BCUT2D eigenvalue weighted by atomic mass is 10.0. The van der Waals surface area contributed by atoms with Crippen LogP contribution in [0.15, 0.2) is 95.7 Å². The van der Waals surface area contributed by atoms with E-state index in [0.717, 1.165) is 29.7 Å². The summed E-state index contributed by atoms with van der Waals surface area (Å²) in [6.07, 6.45) is 0.178. The number of nitrogens with zero attached hydrogens (tertiary/aromatic N) is 5. The summed E-state index contributed by atoms with van der Waals surface area (Å²) in [6, 6.07) is 20.9. The molecule has 2 heterocycles. The maximum atomic E-state index is 12.6. The molecule has 1 N–H and O–H groups in total. The van der Waals surface area contributed by atoms with Crippen molar-refractivity contribution in [2.75, 3.05) is 6.54 Å². The summed E-state index contributed by atoms with van der Waals surface area (Å²) in [6.45, 7) is 4.76. The van der Waals surface area contributed by atoms with Crippen molar-refractivity contribution in [3.05, 3.63) is 107 Å². The number of urea groups is 1. The third-order valence-electron chi connectivity index (χ3n) is 6.56. The fourth-order valence-electron chi connectivity index (χ4n) is 4.49. The number of carbonyl (C=O) groups is 1. The van der Waals surface area contributed by atoms with Gasteiger partial charge < -0.3 is 10.1 Å². The van der Waals surface area contributed by atoms with Crippen LogP contribution in [0.3, 0.4) is 0 Å². The molecule has 0 aliphatic rings. The Kier molecular flexibility index (Phi) is 9.05. The molecule has 0 unspecified atom stereocenters.